The van der Waals surface area contributed by atoms with Crippen LogP contribution in [0.3, 0.4) is 0 Å². The highest BCUT2D eigenvalue weighted by atomic mass is 32.2. The van der Waals surface area contributed by atoms with Crippen LogP contribution in [0.4, 0.5) is 10.1 Å². The third kappa shape index (κ3) is 6.91. The Bertz CT molecular complexity index is 2220. The molecule has 13 heteroatoms. The maximum Gasteiger partial charge on any atom is 0.224 e. The van der Waals surface area contributed by atoms with Gasteiger partial charge in [-0.1, -0.05) is 25.3 Å². The smallest absolute Gasteiger partial charge is 0.224 e. The molecule has 0 aliphatic heterocycles. The second-order valence-electron chi connectivity index (χ2n) is 12.1. The Hall–Kier alpha value is -5.01. The summed E-state index contributed by atoms with van der Waals surface area (Å²) in [6.45, 7) is -0.0428. The van der Waals surface area contributed by atoms with Crippen molar-refractivity contribution < 1.29 is 17.6 Å². The van der Waals surface area contributed by atoms with Gasteiger partial charge >= 0.3 is 0 Å². The fraction of sp³-hybridized carbons (Fsp3) is 0.265. The van der Waals surface area contributed by atoms with Crippen molar-refractivity contribution in [1.82, 2.24) is 34.9 Å². The second-order valence-corrected chi connectivity index (χ2v) is 14.0. The lowest BCUT2D eigenvalue weighted by molar-refractivity contribution is -0.117. The number of aromatic nitrogens is 6. The monoisotopic (exact) mass is 652 g/mol. The first-order valence-corrected chi connectivity index (χ1v) is 17.4. The molecule has 0 saturated heterocycles. The number of nitrogens with one attached hydrogen (secondary N) is 4. The zero-order valence-corrected chi connectivity index (χ0v) is 26.5. The Morgan fingerprint density at radius 2 is 1.85 bits per heavy atom. The van der Waals surface area contributed by atoms with Crippen LogP contribution in [-0.2, 0) is 21.4 Å². The van der Waals surface area contributed by atoms with E-state index in [0.717, 1.165) is 41.1 Å². The Morgan fingerprint density at radius 1 is 1.00 bits per heavy atom. The summed E-state index contributed by atoms with van der Waals surface area (Å²) in [5.74, 6) is 0.439. The summed E-state index contributed by atoms with van der Waals surface area (Å²) >= 11 is 0. The van der Waals surface area contributed by atoms with Crippen molar-refractivity contribution in [2.24, 2.45) is 5.92 Å². The average molecular weight is 653 g/mol. The number of benzene rings is 2. The second kappa shape index (κ2) is 12.6. The summed E-state index contributed by atoms with van der Waals surface area (Å²) < 4.78 is 40.2. The maximum atomic E-state index is 14.6. The van der Waals surface area contributed by atoms with E-state index in [0.29, 0.717) is 57.4 Å². The highest BCUT2D eigenvalue weighted by molar-refractivity contribution is 7.88. The molecule has 0 atom stereocenters. The molecule has 1 fully saturated rings. The van der Waals surface area contributed by atoms with Crippen LogP contribution in [0.25, 0.3) is 55.8 Å². The Morgan fingerprint density at radius 3 is 2.68 bits per heavy atom. The Kier molecular flexibility index (Phi) is 8.24. The minimum atomic E-state index is -3.45. The van der Waals surface area contributed by atoms with Crippen molar-refractivity contribution in [1.29, 1.82) is 0 Å². The highest BCUT2D eigenvalue weighted by Crippen LogP contribution is 2.34. The van der Waals surface area contributed by atoms with E-state index in [4.69, 9.17) is 4.98 Å². The minimum absolute atomic E-state index is 0.0151. The molecule has 4 heterocycles. The fourth-order valence-electron chi connectivity index (χ4n) is 6.29. The molecule has 0 radical (unpaired) electrons. The molecule has 4 aromatic heterocycles. The lowest BCUT2D eigenvalue weighted by atomic mass is 9.87. The van der Waals surface area contributed by atoms with Crippen LogP contribution in [-0.4, -0.2) is 50.7 Å². The van der Waals surface area contributed by atoms with Crippen molar-refractivity contribution >= 4 is 43.7 Å². The van der Waals surface area contributed by atoms with Gasteiger partial charge in [-0.05, 0) is 77.9 Å². The molecular formula is C34H33FN8O3S. The zero-order valence-electron chi connectivity index (χ0n) is 25.7. The molecule has 11 nitrogen and oxygen atoms in total. The molecule has 4 N–H and O–H groups in total. The number of hydrogen-bond acceptors (Lipinski definition) is 7. The van der Waals surface area contributed by atoms with Gasteiger partial charge in [0.05, 0.1) is 29.2 Å². The van der Waals surface area contributed by atoms with Gasteiger partial charge in [0.2, 0.25) is 15.9 Å². The zero-order chi connectivity index (χ0) is 32.5. The standard InChI is InChI=1S/C34H33FN8O3S/c1-47(45,46)38-17-21-11-23(14-25(35)12-21)27-9-10-37-33-31(27)40-34(41-33)32-28-16-22(7-8-29(28)42-43-32)24-15-26(19-36-18-24)39-30(44)13-20-5-3-2-4-6-20/h7-12,14-16,18-20,38H,2-6,13,17H2,1H3,(H,39,44)(H,42,43)(H,37,40,41). The van der Waals surface area contributed by atoms with E-state index < -0.39 is 15.8 Å². The summed E-state index contributed by atoms with van der Waals surface area (Å²) in [6, 6.07) is 14.0. The van der Waals surface area contributed by atoms with Crippen molar-refractivity contribution in [2.75, 3.05) is 11.6 Å². The normalized spacial score (nSPS) is 14.2. The van der Waals surface area contributed by atoms with Gasteiger partial charge in [-0.25, -0.2) is 27.5 Å². The van der Waals surface area contributed by atoms with E-state index in [1.165, 1.54) is 31.4 Å². The molecule has 47 heavy (non-hydrogen) atoms. The van der Waals surface area contributed by atoms with Crippen LogP contribution in [0, 0.1) is 11.7 Å². The Balaban J connectivity index is 1.18. The molecule has 0 spiro atoms. The van der Waals surface area contributed by atoms with Gasteiger partial charge in [-0.2, -0.15) is 5.10 Å². The number of fused-ring (bicyclic) bond motifs is 2. The largest absolute Gasteiger partial charge is 0.335 e. The Labute approximate surface area is 270 Å². The van der Waals surface area contributed by atoms with Gasteiger partial charge in [-0.3, -0.25) is 14.9 Å². The van der Waals surface area contributed by atoms with E-state index in [-0.39, 0.29) is 12.5 Å². The van der Waals surface area contributed by atoms with Crippen LogP contribution in [0.1, 0.15) is 44.1 Å². The van der Waals surface area contributed by atoms with E-state index in [1.807, 2.05) is 24.3 Å². The quantitative estimate of drug-likeness (QED) is 0.142. The predicted molar refractivity (Wildman–Crippen MR) is 179 cm³/mol. The molecule has 0 unspecified atom stereocenters. The molecule has 6 aromatic rings. The molecule has 2 aromatic carbocycles. The van der Waals surface area contributed by atoms with Gasteiger partial charge in [0.25, 0.3) is 0 Å². The number of rotatable bonds is 9. The number of carbonyl (C=O) groups is 1. The maximum absolute atomic E-state index is 14.6. The lowest BCUT2D eigenvalue weighted by Crippen LogP contribution is -2.21. The highest BCUT2D eigenvalue weighted by Gasteiger charge is 2.19. The number of amides is 1. The van der Waals surface area contributed by atoms with Crippen LogP contribution >= 0.6 is 0 Å². The number of hydrogen-bond donors (Lipinski definition) is 4. The van der Waals surface area contributed by atoms with Crippen LogP contribution < -0.4 is 10.0 Å². The van der Waals surface area contributed by atoms with Gasteiger partial charge < -0.3 is 10.3 Å². The SMILES string of the molecule is CS(=O)(=O)NCc1cc(F)cc(-c2ccnc3nc(-c4n[nH]c5ccc(-c6cncc(NC(=O)CC7CCCCC7)c6)cc45)[nH]c23)c1. The summed E-state index contributed by atoms with van der Waals surface area (Å²) in [6.07, 6.45) is 12.5. The van der Waals surface area contributed by atoms with Gasteiger partial charge in [0.15, 0.2) is 11.5 Å². The minimum Gasteiger partial charge on any atom is -0.335 e. The van der Waals surface area contributed by atoms with Crippen LogP contribution in [0.5, 0.6) is 0 Å². The van der Waals surface area contributed by atoms with Gasteiger partial charge in [0, 0.05) is 41.9 Å². The number of aromatic amines is 2. The number of pyridine rings is 2. The summed E-state index contributed by atoms with van der Waals surface area (Å²) in [4.78, 5) is 29.6. The number of sulfonamides is 1. The predicted octanol–water partition coefficient (Wildman–Crippen LogP) is 6.33. The number of anilines is 1. The number of H-pyrrole nitrogens is 2. The topological polar surface area (TPSA) is 158 Å². The molecule has 1 aliphatic rings. The van der Waals surface area contributed by atoms with Crippen LogP contribution in [0.15, 0.2) is 67.1 Å². The molecular weight excluding hydrogens is 619 g/mol. The van der Waals surface area contributed by atoms with E-state index >= 15 is 0 Å². The average Bonchev–Trinajstić information content (AvgIpc) is 3.68. The number of carbonyl (C=O) groups excluding carboxylic acids is 1. The lowest BCUT2D eigenvalue weighted by Gasteiger charge is -2.20. The number of nitrogens with zero attached hydrogens (tertiary/aromatic N) is 4. The van der Waals surface area contributed by atoms with Crippen molar-refractivity contribution in [3.63, 3.8) is 0 Å². The first kappa shape index (κ1) is 30.6. The van der Waals surface area contributed by atoms with Crippen LogP contribution in [0.2, 0.25) is 0 Å². The van der Waals surface area contributed by atoms with Crippen molar-refractivity contribution in [3.8, 4) is 33.8 Å². The molecule has 1 saturated carbocycles. The summed E-state index contributed by atoms with van der Waals surface area (Å²) in [7, 11) is -3.45. The first-order valence-electron chi connectivity index (χ1n) is 15.5. The number of imidazole rings is 1. The molecule has 1 amide bonds. The van der Waals surface area contributed by atoms with Crippen molar-refractivity contribution in [2.45, 2.75) is 45.1 Å². The summed E-state index contributed by atoms with van der Waals surface area (Å²) in [5.41, 5.74) is 6.45. The molecule has 7 rings (SSSR count). The third-order valence-electron chi connectivity index (χ3n) is 8.54. The molecule has 1 aliphatic carbocycles. The molecule has 0 bridgehead atoms. The molecule has 240 valence electrons. The third-order valence-corrected chi connectivity index (χ3v) is 9.21. The van der Waals surface area contributed by atoms with E-state index in [1.54, 1.807) is 30.7 Å². The van der Waals surface area contributed by atoms with Crippen molar-refractivity contribution in [3.05, 3.63) is 78.5 Å². The van der Waals surface area contributed by atoms with E-state index in [9.17, 15) is 17.6 Å². The first-order chi connectivity index (χ1) is 22.7. The van der Waals surface area contributed by atoms with Gasteiger partial charge in [0.1, 0.15) is 11.5 Å². The van der Waals surface area contributed by atoms with E-state index in [2.05, 4.69) is 35.2 Å². The number of halogens is 1. The summed E-state index contributed by atoms with van der Waals surface area (Å²) in [5, 5.41) is 11.4. The fourth-order valence-corrected chi connectivity index (χ4v) is 6.72. The van der Waals surface area contributed by atoms with Gasteiger partial charge in [-0.15, -0.1) is 0 Å².